The van der Waals surface area contributed by atoms with E-state index in [1.54, 1.807) is 33.8 Å². The first-order valence-electron chi connectivity index (χ1n) is 6.82. The van der Waals surface area contributed by atoms with Crippen molar-refractivity contribution < 1.29 is 4.79 Å². The fraction of sp³-hybridized carbons (Fsp3) is 0.538. The van der Waals surface area contributed by atoms with Crippen LogP contribution in [0.25, 0.3) is 0 Å². The Morgan fingerprint density at radius 2 is 2.29 bits per heavy atom. The van der Waals surface area contributed by atoms with Crippen molar-refractivity contribution in [2.24, 2.45) is 0 Å². The van der Waals surface area contributed by atoms with Crippen molar-refractivity contribution in [3.63, 3.8) is 0 Å². The van der Waals surface area contributed by atoms with Gasteiger partial charge in [0.15, 0.2) is 4.34 Å². The highest BCUT2D eigenvalue weighted by Gasteiger charge is 2.10. The lowest BCUT2D eigenvalue weighted by Gasteiger charge is -2.04. The van der Waals surface area contributed by atoms with Crippen molar-refractivity contribution in [2.75, 3.05) is 12.3 Å². The van der Waals surface area contributed by atoms with Gasteiger partial charge in [0.2, 0.25) is 0 Å². The SMILES string of the molecule is Cc1nnc(SCCCNC(=O)c2ccn(C(C)C)n2)s1. The molecule has 0 aliphatic heterocycles. The van der Waals surface area contributed by atoms with E-state index in [9.17, 15) is 4.79 Å². The van der Waals surface area contributed by atoms with Gasteiger partial charge in [0, 0.05) is 24.5 Å². The van der Waals surface area contributed by atoms with Crippen molar-refractivity contribution in [3.8, 4) is 0 Å². The van der Waals surface area contributed by atoms with Gasteiger partial charge in [0.05, 0.1) is 0 Å². The van der Waals surface area contributed by atoms with Crippen molar-refractivity contribution in [3.05, 3.63) is 23.0 Å². The van der Waals surface area contributed by atoms with Crippen LogP contribution in [0.15, 0.2) is 16.6 Å². The first kappa shape index (κ1) is 16.0. The van der Waals surface area contributed by atoms with Gasteiger partial charge >= 0.3 is 0 Å². The summed E-state index contributed by atoms with van der Waals surface area (Å²) in [4.78, 5) is 11.9. The molecule has 0 aliphatic rings. The predicted octanol–water partition coefficient (Wildman–Crippen LogP) is 2.54. The van der Waals surface area contributed by atoms with Crippen molar-refractivity contribution in [1.29, 1.82) is 0 Å². The largest absolute Gasteiger partial charge is 0.351 e. The van der Waals surface area contributed by atoms with Crippen molar-refractivity contribution >= 4 is 29.0 Å². The molecule has 21 heavy (non-hydrogen) atoms. The lowest BCUT2D eigenvalue weighted by Crippen LogP contribution is -2.25. The first-order valence-corrected chi connectivity index (χ1v) is 8.62. The molecule has 0 aromatic carbocycles. The maximum Gasteiger partial charge on any atom is 0.271 e. The molecule has 1 N–H and O–H groups in total. The van der Waals surface area contributed by atoms with Gasteiger partial charge in [-0.05, 0) is 33.3 Å². The minimum absolute atomic E-state index is 0.119. The van der Waals surface area contributed by atoms with Crippen LogP contribution in [0, 0.1) is 6.92 Å². The van der Waals surface area contributed by atoms with E-state index in [1.165, 1.54) is 0 Å². The Bertz CT molecular complexity index is 593. The molecular formula is C13H19N5OS2. The molecule has 2 heterocycles. The Labute approximate surface area is 132 Å². The molecule has 2 rings (SSSR count). The Kier molecular flexibility index (Phi) is 5.75. The predicted molar refractivity (Wildman–Crippen MR) is 84.9 cm³/mol. The number of thioether (sulfide) groups is 1. The second kappa shape index (κ2) is 7.56. The molecule has 0 aliphatic carbocycles. The van der Waals surface area contributed by atoms with Crippen LogP contribution in [0.4, 0.5) is 0 Å². The zero-order valence-corrected chi connectivity index (χ0v) is 14.0. The molecule has 1 amide bonds. The molecule has 0 bridgehead atoms. The van der Waals surface area contributed by atoms with Gasteiger partial charge in [-0.15, -0.1) is 10.2 Å². The minimum atomic E-state index is -0.119. The second-order valence-electron chi connectivity index (χ2n) is 4.82. The first-order chi connectivity index (χ1) is 10.1. The van der Waals surface area contributed by atoms with E-state index in [0.717, 1.165) is 21.5 Å². The number of amides is 1. The van der Waals surface area contributed by atoms with E-state index in [4.69, 9.17) is 0 Å². The quantitative estimate of drug-likeness (QED) is 0.625. The summed E-state index contributed by atoms with van der Waals surface area (Å²) in [6, 6.07) is 2.01. The Morgan fingerprint density at radius 3 is 2.90 bits per heavy atom. The van der Waals surface area contributed by atoms with Gasteiger partial charge < -0.3 is 5.32 Å². The van der Waals surface area contributed by atoms with E-state index < -0.39 is 0 Å². The minimum Gasteiger partial charge on any atom is -0.351 e. The normalized spacial score (nSPS) is 11.0. The van der Waals surface area contributed by atoms with Gasteiger partial charge in [-0.3, -0.25) is 9.48 Å². The molecule has 0 spiro atoms. The Morgan fingerprint density at radius 1 is 1.48 bits per heavy atom. The molecule has 0 atom stereocenters. The number of aromatic nitrogens is 4. The van der Waals surface area contributed by atoms with Gasteiger partial charge in [-0.25, -0.2) is 0 Å². The average Bonchev–Trinajstić information content (AvgIpc) is 3.07. The standard InChI is InChI=1S/C13H19N5OS2/c1-9(2)18-7-5-11(17-18)12(19)14-6-4-8-20-13-16-15-10(3)21-13/h5,7,9H,4,6,8H2,1-3H3,(H,14,19). The lowest BCUT2D eigenvalue weighted by atomic mass is 10.4. The van der Waals surface area contributed by atoms with Gasteiger partial charge in [0.25, 0.3) is 5.91 Å². The van der Waals surface area contributed by atoms with Crippen LogP contribution < -0.4 is 5.32 Å². The van der Waals surface area contributed by atoms with E-state index >= 15 is 0 Å². The van der Waals surface area contributed by atoms with Crippen molar-refractivity contribution in [1.82, 2.24) is 25.3 Å². The van der Waals surface area contributed by atoms with Crippen LogP contribution >= 0.6 is 23.1 Å². The lowest BCUT2D eigenvalue weighted by molar-refractivity contribution is 0.0948. The van der Waals surface area contributed by atoms with Gasteiger partial charge in [0.1, 0.15) is 10.7 Å². The summed E-state index contributed by atoms with van der Waals surface area (Å²) < 4.78 is 2.76. The van der Waals surface area contributed by atoms with Crippen LogP contribution in [0.3, 0.4) is 0 Å². The molecule has 0 radical (unpaired) electrons. The third kappa shape index (κ3) is 4.82. The second-order valence-corrected chi connectivity index (χ2v) is 7.34. The van der Waals surface area contributed by atoms with Gasteiger partial charge in [-0.2, -0.15) is 5.10 Å². The van der Waals surface area contributed by atoms with Crippen LogP contribution in [-0.2, 0) is 0 Å². The van der Waals surface area contributed by atoms with Crippen LogP contribution in [-0.4, -0.2) is 38.2 Å². The molecule has 0 saturated carbocycles. The molecule has 2 aromatic heterocycles. The number of rotatable bonds is 7. The van der Waals surface area contributed by atoms with E-state index in [0.29, 0.717) is 12.2 Å². The Balaban J connectivity index is 1.67. The topological polar surface area (TPSA) is 72.7 Å². The molecule has 6 nitrogen and oxygen atoms in total. The number of nitrogens with one attached hydrogen (secondary N) is 1. The number of carbonyl (C=O) groups is 1. The fourth-order valence-corrected chi connectivity index (χ4v) is 3.43. The number of aryl methyl sites for hydroxylation is 1. The van der Waals surface area contributed by atoms with Crippen LogP contribution in [0.1, 0.15) is 41.8 Å². The summed E-state index contributed by atoms with van der Waals surface area (Å²) in [5.41, 5.74) is 0.469. The van der Waals surface area contributed by atoms with E-state index in [1.807, 2.05) is 27.0 Å². The highest BCUT2D eigenvalue weighted by molar-refractivity contribution is 8.01. The smallest absolute Gasteiger partial charge is 0.271 e. The number of nitrogens with zero attached hydrogens (tertiary/aromatic N) is 4. The highest BCUT2D eigenvalue weighted by Crippen LogP contribution is 2.21. The zero-order valence-electron chi connectivity index (χ0n) is 12.4. The summed E-state index contributed by atoms with van der Waals surface area (Å²) in [5, 5.41) is 16.1. The molecule has 8 heteroatoms. The number of carbonyl (C=O) groups excluding carboxylic acids is 1. The molecule has 0 saturated heterocycles. The Hall–Kier alpha value is -1.41. The molecular weight excluding hydrogens is 306 g/mol. The summed E-state index contributed by atoms with van der Waals surface area (Å²) >= 11 is 3.27. The van der Waals surface area contributed by atoms with E-state index in [2.05, 4.69) is 20.6 Å². The summed E-state index contributed by atoms with van der Waals surface area (Å²) in [5.74, 6) is 0.793. The highest BCUT2D eigenvalue weighted by atomic mass is 32.2. The monoisotopic (exact) mass is 325 g/mol. The molecule has 2 aromatic rings. The average molecular weight is 325 g/mol. The third-order valence-electron chi connectivity index (χ3n) is 2.71. The van der Waals surface area contributed by atoms with Crippen LogP contribution in [0.2, 0.25) is 0 Å². The maximum atomic E-state index is 11.9. The summed E-state index contributed by atoms with van der Waals surface area (Å²) in [6.07, 6.45) is 2.72. The molecule has 0 unspecified atom stereocenters. The maximum absolute atomic E-state index is 11.9. The van der Waals surface area contributed by atoms with Crippen molar-refractivity contribution in [2.45, 2.75) is 37.6 Å². The summed E-state index contributed by atoms with van der Waals surface area (Å²) in [6.45, 7) is 6.64. The molecule has 0 fully saturated rings. The third-order valence-corrected chi connectivity index (χ3v) is 4.77. The summed E-state index contributed by atoms with van der Waals surface area (Å²) in [7, 11) is 0. The van der Waals surface area contributed by atoms with E-state index in [-0.39, 0.29) is 11.9 Å². The molecule has 114 valence electrons. The zero-order chi connectivity index (χ0) is 15.2. The number of hydrogen-bond acceptors (Lipinski definition) is 6. The fourth-order valence-electron chi connectivity index (χ4n) is 1.61. The van der Waals surface area contributed by atoms with Gasteiger partial charge in [-0.1, -0.05) is 23.1 Å². The number of hydrogen-bond donors (Lipinski definition) is 1. The van der Waals surface area contributed by atoms with Crippen LogP contribution in [0.5, 0.6) is 0 Å².